The van der Waals surface area contributed by atoms with Crippen molar-refractivity contribution in [2.24, 2.45) is 5.14 Å². The normalized spacial score (nSPS) is 11.4. The van der Waals surface area contributed by atoms with Crippen LogP contribution in [0.1, 0.15) is 5.56 Å². The lowest BCUT2D eigenvalue weighted by Crippen LogP contribution is -2.14. The first-order chi connectivity index (χ1) is 9.79. The maximum Gasteiger partial charge on any atom is 0.241 e. The molecule has 0 aliphatic heterocycles. The smallest absolute Gasteiger partial charge is 0.241 e. The number of nitrogens with two attached hydrogens (primary N) is 1. The number of rotatable bonds is 4. The number of sulfonamides is 1. The quantitative estimate of drug-likeness (QED) is 0.935. The summed E-state index contributed by atoms with van der Waals surface area (Å²) in [7, 11) is -4.15. The standard InChI is InChI=1S/C13H10ClF2NO3S/c14-13-8(2-1-3-10(13)16)7-20-11-5-4-9(15)6-12(11)21(17,18)19/h1-6H,7H2,(H2,17,18,19). The van der Waals surface area contributed by atoms with Crippen LogP contribution in [0.25, 0.3) is 0 Å². The van der Waals surface area contributed by atoms with Gasteiger partial charge in [0.2, 0.25) is 10.0 Å². The summed E-state index contributed by atoms with van der Waals surface area (Å²) in [6, 6.07) is 7.04. The van der Waals surface area contributed by atoms with Crippen molar-refractivity contribution in [1.29, 1.82) is 0 Å². The van der Waals surface area contributed by atoms with E-state index in [9.17, 15) is 17.2 Å². The van der Waals surface area contributed by atoms with Gasteiger partial charge in [0.25, 0.3) is 0 Å². The highest BCUT2D eigenvalue weighted by molar-refractivity contribution is 7.89. The van der Waals surface area contributed by atoms with Gasteiger partial charge in [-0.3, -0.25) is 0 Å². The summed E-state index contributed by atoms with van der Waals surface area (Å²) in [4.78, 5) is -0.491. The number of hydrogen-bond donors (Lipinski definition) is 1. The minimum absolute atomic E-state index is 0.128. The van der Waals surface area contributed by atoms with Gasteiger partial charge in [0.15, 0.2) is 0 Å². The van der Waals surface area contributed by atoms with Gasteiger partial charge in [-0.05, 0) is 24.3 Å². The van der Waals surface area contributed by atoms with Gasteiger partial charge in [0.1, 0.15) is 28.9 Å². The van der Waals surface area contributed by atoms with Crippen molar-refractivity contribution in [3.8, 4) is 5.75 Å². The van der Waals surface area contributed by atoms with E-state index in [1.54, 1.807) is 0 Å². The van der Waals surface area contributed by atoms with Crippen LogP contribution in [0.4, 0.5) is 8.78 Å². The Morgan fingerprint density at radius 1 is 1.19 bits per heavy atom. The molecule has 0 saturated carbocycles. The van der Waals surface area contributed by atoms with E-state index >= 15 is 0 Å². The third-order valence-corrected chi connectivity index (χ3v) is 3.98. The van der Waals surface area contributed by atoms with E-state index in [0.29, 0.717) is 5.56 Å². The average Bonchev–Trinajstić information content (AvgIpc) is 2.40. The highest BCUT2D eigenvalue weighted by Gasteiger charge is 2.17. The van der Waals surface area contributed by atoms with Crippen LogP contribution in [0.15, 0.2) is 41.3 Å². The lowest BCUT2D eigenvalue weighted by Gasteiger charge is -2.11. The first-order valence-corrected chi connectivity index (χ1v) is 7.59. The summed E-state index contributed by atoms with van der Waals surface area (Å²) in [6.07, 6.45) is 0. The van der Waals surface area contributed by atoms with Crippen LogP contribution in [-0.4, -0.2) is 8.42 Å². The van der Waals surface area contributed by atoms with E-state index < -0.39 is 26.6 Å². The van der Waals surface area contributed by atoms with Gasteiger partial charge < -0.3 is 4.74 Å². The first-order valence-electron chi connectivity index (χ1n) is 5.67. The van der Waals surface area contributed by atoms with Gasteiger partial charge in [0, 0.05) is 5.56 Å². The van der Waals surface area contributed by atoms with Crippen molar-refractivity contribution in [3.63, 3.8) is 0 Å². The van der Waals surface area contributed by atoms with Crippen LogP contribution in [0.5, 0.6) is 5.75 Å². The Kier molecular flexibility index (Phi) is 4.46. The zero-order valence-electron chi connectivity index (χ0n) is 10.5. The summed E-state index contributed by atoms with van der Waals surface area (Å²) in [5.74, 6) is -1.53. The highest BCUT2D eigenvalue weighted by atomic mass is 35.5. The van der Waals surface area contributed by atoms with Crippen LogP contribution in [0, 0.1) is 11.6 Å². The van der Waals surface area contributed by atoms with Crippen molar-refractivity contribution >= 4 is 21.6 Å². The molecule has 0 aliphatic rings. The molecule has 0 aromatic heterocycles. The monoisotopic (exact) mass is 333 g/mol. The lowest BCUT2D eigenvalue weighted by molar-refractivity contribution is 0.296. The van der Waals surface area contributed by atoms with Gasteiger partial charge in [-0.1, -0.05) is 23.7 Å². The minimum Gasteiger partial charge on any atom is -0.487 e. The predicted octanol–water partition coefficient (Wildman–Crippen LogP) is 2.84. The fourth-order valence-corrected chi connectivity index (χ4v) is 2.50. The van der Waals surface area contributed by atoms with Crippen LogP contribution in [0.3, 0.4) is 0 Å². The molecular formula is C13H10ClF2NO3S. The molecule has 0 spiro atoms. The Morgan fingerprint density at radius 3 is 2.57 bits per heavy atom. The summed E-state index contributed by atoms with van der Waals surface area (Å²) in [6.45, 7) is -0.190. The van der Waals surface area contributed by atoms with E-state index in [0.717, 1.165) is 18.2 Å². The molecule has 0 heterocycles. The van der Waals surface area contributed by atoms with Gasteiger partial charge in [0.05, 0.1) is 5.02 Å². The number of hydrogen-bond acceptors (Lipinski definition) is 3. The molecule has 0 atom stereocenters. The zero-order valence-corrected chi connectivity index (χ0v) is 12.1. The van der Waals surface area contributed by atoms with Crippen molar-refractivity contribution in [3.05, 3.63) is 58.6 Å². The Bertz CT molecular complexity index is 781. The molecule has 8 heteroatoms. The molecule has 0 saturated heterocycles. The Morgan fingerprint density at radius 2 is 1.90 bits per heavy atom. The Labute approximate surface area is 125 Å². The van der Waals surface area contributed by atoms with E-state index in [-0.39, 0.29) is 17.4 Å². The largest absolute Gasteiger partial charge is 0.487 e. The second kappa shape index (κ2) is 5.97. The molecule has 0 unspecified atom stereocenters. The fraction of sp³-hybridized carbons (Fsp3) is 0.0769. The third-order valence-electron chi connectivity index (χ3n) is 2.63. The van der Waals surface area contributed by atoms with Crippen molar-refractivity contribution in [2.75, 3.05) is 0 Å². The molecule has 0 amide bonds. The molecule has 0 fully saturated rings. The number of halogens is 3. The topological polar surface area (TPSA) is 69.4 Å². The maximum absolute atomic E-state index is 13.3. The van der Waals surface area contributed by atoms with Crippen molar-refractivity contribution in [2.45, 2.75) is 11.5 Å². The molecule has 2 aromatic rings. The number of ether oxygens (including phenoxy) is 1. The maximum atomic E-state index is 13.3. The second-order valence-corrected chi connectivity index (χ2v) is 6.05. The van der Waals surface area contributed by atoms with Gasteiger partial charge in [-0.15, -0.1) is 0 Å². The molecule has 2 aromatic carbocycles. The van der Waals surface area contributed by atoms with Gasteiger partial charge >= 0.3 is 0 Å². The third kappa shape index (κ3) is 3.69. The molecule has 0 aliphatic carbocycles. The van der Waals surface area contributed by atoms with Gasteiger partial charge in [-0.25, -0.2) is 22.3 Å². The predicted molar refractivity (Wildman–Crippen MR) is 73.5 cm³/mol. The molecule has 0 bridgehead atoms. The summed E-state index contributed by atoms with van der Waals surface area (Å²) < 4.78 is 54.4. The molecule has 21 heavy (non-hydrogen) atoms. The van der Waals surface area contributed by atoms with Crippen LogP contribution in [0.2, 0.25) is 5.02 Å². The average molecular weight is 334 g/mol. The minimum atomic E-state index is -4.15. The second-order valence-electron chi connectivity index (χ2n) is 4.14. The highest BCUT2D eigenvalue weighted by Crippen LogP contribution is 2.26. The van der Waals surface area contributed by atoms with Crippen LogP contribution >= 0.6 is 11.6 Å². The van der Waals surface area contributed by atoms with E-state index in [2.05, 4.69) is 0 Å². The zero-order chi connectivity index (χ0) is 15.6. The Balaban J connectivity index is 2.31. The molecule has 2 rings (SSSR count). The fourth-order valence-electron chi connectivity index (χ4n) is 1.64. The number of benzene rings is 2. The molecule has 4 nitrogen and oxygen atoms in total. The number of primary sulfonamides is 1. The lowest BCUT2D eigenvalue weighted by atomic mass is 10.2. The SMILES string of the molecule is NS(=O)(=O)c1cc(F)ccc1OCc1cccc(F)c1Cl. The molecule has 112 valence electrons. The first kappa shape index (κ1) is 15.7. The van der Waals surface area contributed by atoms with Gasteiger partial charge in [-0.2, -0.15) is 0 Å². The van der Waals surface area contributed by atoms with Crippen LogP contribution < -0.4 is 9.88 Å². The van der Waals surface area contributed by atoms with Crippen molar-refractivity contribution < 1.29 is 21.9 Å². The molecule has 2 N–H and O–H groups in total. The van der Waals surface area contributed by atoms with E-state index in [4.69, 9.17) is 21.5 Å². The van der Waals surface area contributed by atoms with Crippen LogP contribution in [-0.2, 0) is 16.6 Å². The Hall–Kier alpha value is -1.70. The molecular weight excluding hydrogens is 324 g/mol. The summed E-state index contributed by atoms with van der Waals surface area (Å²) in [5, 5.41) is 4.86. The molecule has 0 radical (unpaired) electrons. The van der Waals surface area contributed by atoms with Crippen molar-refractivity contribution in [1.82, 2.24) is 0 Å². The summed E-state index contributed by atoms with van der Waals surface area (Å²) >= 11 is 5.76. The summed E-state index contributed by atoms with van der Waals surface area (Å²) in [5.41, 5.74) is 0.321. The van der Waals surface area contributed by atoms with E-state index in [1.807, 2.05) is 0 Å². The van der Waals surface area contributed by atoms with E-state index in [1.165, 1.54) is 18.2 Å².